The first-order valence-electron chi connectivity index (χ1n) is 12.0. The van der Waals surface area contributed by atoms with E-state index in [4.69, 9.17) is 0 Å². The van der Waals surface area contributed by atoms with Crippen molar-refractivity contribution in [3.8, 4) is 0 Å². The minimum absolute atomic E-state index is 0.0312. The quantitative estimate of drug-likeness (QED) is 0.420. The smallest absolute Gasteiger partial charge is 0.323 e. The molecule has 0 radical (unpaired) electrons. The molecule has 1 aliphatic heterocycles. The molecule has 188 valence electrons. The van der Waals surface area contributed by atoms with Gasteiger partial charge in [-0.15, -0.1) is 0 Å². The summed E-state index contributed by atoms with van der Waals surface area (Å²) in [7, 11) is -4.11. The van der Waals surface area contributed by atoms with Gasteiger partial charge in [-0.2, -0.15) is 4.31 Å². The zero-order valence-electron chi connectivity index (χ0n) is 20.0. The molecule has 1 heterocycles. The summed E-state index contributed by atoms with van der Waals surface area (Å²) in [6.45, 7) is -0.267. The molecule has 1 atom stereocenters. The summed E-state index contributed by atoms with van der Waals surface area (Å²) >= 11 is 0. The number of nitrogens with zero attached hydrogens (tertiary/aromatic N) is 2. The topological polar surface area (TPSA) is 95.0 Å². The molecule has 0 aliphatic carbocycles. The number of piperazine rings is 1. The van der Waals surface area contributed by atoms with Gasteiger partial charge in [0.25, 0.3) is 0 Å². The van der Waals surface area contributed by atoms with Crippen LogP contribution in [0, 0.1) is 0 Å². The molecule has 0 saturated carbocycles. The maximum absolute atomic E-state index is 13.8. The van der Waals surface area contributed by atoms with E-state index in [0.29, 0.717) is 0 Å². The summed E-state index contributed by atoms with van der Waals surface area (Å²) in [5, 5.41) is 11.7. The van der Waals surface area contributed by atoms with Crippen molar-refractivity contribution in [2.24, 2.45) is 0 Å². The van der Waals surface area contributed by atoms with Crippen LogP contribution >= 0.6 is 0 Å². The van der Waals surface area contributed by atoms with Gasteiger partial charge in [-0.05, 0) is 34.0 Å². The van der Waals surface area contributed by atoms with Gasteiger partial charge in [-0.1, -0.05) is 91.0 Å². The molecule has 4 aromatic carbocycles. The summed E-state index contributed by atoms with van der Waals surface area (Å²) in [4.78, 5) is 27.6. The Bertz CT molecular complexity index is 1500. The van der Waals surface area contributed by atoms with E-state index in [9.17, 15) is 23.1 Å². The van der Waals surface area contributed by atoms with Crippen LogP contribution in [0.25, 0.3) is 10.8 Å². The molecule has 4 aromatic rings. The van der Waals surface area contributed by atoms with Crippen LogP contribution in [0.1, 0.15) is 17.0 Å². The second-order valence-corrected chi connectivity index (χ2v) is 10.9. The molecule has 1 amide bonds. The number of carboxylic acid groups (broad SMARTS) is 1. The maximum atomic E-state index is 13.8. The second-order valence-electron chi connectivity index (χ2n) is 9.02. The zero-order chi connectivity index (χ0) is 26.0. The van der Waals surface area contributed by atoms with Gasteiger partial charge in [-0.3, -0.25) is 9.59 Å². The number of carbonyl (C=O) groups excluding carboxylic acids is 1. The minimum Gasteiger partial charge on any atom is -0.480 e. The molecule has 0 spiro atoms. The number of fused-ring (bicyclic) bond motifs is 1. The highest BCUT2D eigenvalue weighted by Crippen LogP contribution is 2.30. The summed E-state index contributed by atoms with van der Waals surface area (Å²) < 4.78 is 28.1. The van der Waals surface area contributed by atoms with Crippen LogP contribution in [0.3, 0.4) is 0 Å². The lowest BCUT2D eigenvalue weighted by Crippen LogP contribution is -2.59. The van der Waals surface area contributed by atoms with Gasteiger partial charge in [-0.25, -0.2) is 8.42 Å². The Balaban J connectivity index is 1.45. The van der Waals surface area contributed by atoms with Gasteiger partial charge < -0.3 is 10.0 Å². The van der Waals surface area contributed by atoms with Gasteiger partial charge >= 0.3 is 5.97 Å². The van der Waals surface area contributed by atoms with Gasteiger partial charge in [0.1, 0.15) is 6.04 Å². The molecule has 1 fully saturated rings. The van der Waals surface area contributed by atoms with E-state index < -0.39 is 28.0 Å². The number of hydrogen-bond acceptors (Lipinski definition) is 4. The van der Waals surface area contributed by atoms with E-state index in [2.05, 4.69) is 0 Å². The minimum atomic E-state index is -4.11. The molecular formula is C29H26N2O5S. The molecule has 37 heavy (non-hydrogen) atoms. The van der Waals surface area contributed by atoms with Crippen molar-refractivity contribution in [1.29, 1.82) is 0 Å². The summed E-state index contributed by atoms with van der Waals surface area (Å²) in [6.07, 6.45) is 0. The number of benzene rings is 4. The Morgan fingerprint density at radius 2 is 1.32 bits per heavy atom. The fraction of sp³-hybridized carbons (Fsp3) is 0.172. The standard InChI is InChI=1S/C29H26N2O5S/c32-28(27(22-10-3-1-4-11-22)23-12-5-2-6-13-23)30-17-18-31(26(20-30)29(33)34)37(35,36)25-16-15-21-9-7-8-14-24(21)19-25/h1-16,19,26-27H,17-18,20H2,(H,33,34). The van der Waals surface area contributed by atoms with Crippen LogP contribution in [0.4, 0.5) is 0 Å². The summed E-state index contributed by atoms with van der Waals surface area (Å²) in [5.74, 6) is -2.18. The largest absolute Gasteiger partial charge is 0.480 e. The van der Waals surface area contributed by atoms with Crippen molar-refractivity contribution in [3.63, 3.8) is 0 Å². The van der Waals surface area contributed by atoms with Gasteiger partial charge in [0.2, 0.25) is 15.9 Å². The number of hydrogen-bond donors (Lipinski definition) is 1. The Labute approximate surface area is 215 Å². The van der Waals surface area contributed by atoms with Crippen LogP contribution in [-0.4, -0.2) is 60.3 Å². The first kappa shape index (κ1) is 24.7. The number of amides is 1. The lowest BCUT2D eigenvalue weighted by atomic mass is 9.89. The highest BCUT2D eigenvalue weighted by Gasteiger charge is 2.42. The first-order valence-corrected chi connectivity index (χ1v) is 13.4. The van der Waals surface area contributed by atoms with Crippen molar-refractivity contribution in [1.82, 2.24) is 9.21 Å². The third kappa shape index (κ3) is 4.85. The van der Waals surface area contributed by atoms with E-state index >= 15 is 0 Å². The Morgan fingerprint density at radius 3 is 1.92 bits per heavy atom. The SMILES string of the molecule is O=C(O)C1CN(C(=O)C(c2ccccc2)c2ccccc2)CCN1S(=O)(=O)c1ccc2ccccc2c1. The highest BCUT2D eigenvalue weighted by atomic mass is 32.2. The molecule has 1 N–H and O–H groups in total. The number of sulfonamides is 1. The first-order chi connectivity index (χ1) is 17.9. The van der Waals surface area contributed by atoms with E-state index in [1.807, 2.05) is 84.9 Å². The maximum Gasteiger partial charge on any atom is 0.323 e. The molecule has 0 bridgehead atoms. The van der Waals surface area contributed by atoms with E-state index in [0.717, 1.165) is 26.2 Å². The van der Waals surface area contributed by atoms with Crippen LogP contribution in [0.5, 0.6) is 0 Å². The zero-order valence-corrected chi connectivity index (χ0v) is 20.8. The molecule has 7 nitrogen and oxygen atoms in total. The third-order valence-electron chi connectivity index (χ3n) is 6.77. The predicted octanol–water partition coefficient (Wildman–Crippen LogP) is 3.96. The molecule has 1 unspecified atom stereocenters. The van der Waals surface area contributed by atoms with Crippen LogP contribution < -0.4 is 0 Å². The number of rotatable bonds is 6. The summed E-state index contributed by atoms with van der Waals surface area (Å²) in [6, 6.07) is 29.4. The molecule has 1 aliphatic rings. The van der Waals surface area contributed by atoms with Crippen LogP contribution in [-0.2, 0) is 19.6 Å². The van der Waals surface area contributed by atoms with Crippen molar-refractivity contribution in [3.05, 3.63) is 114 Å². The molecule has 0 aromatic heterocycles. The Morgan fingerprint density at radius 1 is 0.757 bits per heavy atom. The number of aliphatic carboxylic acids is 1. The van der Waals surface area contributed by atoms with E-state index in [-0.39, 0.29) is 30.4 Å². The van der Waals surface area contributed by atoms with Crippen LogP contribution in [0.15, 0.2) is 108 Å². The fourth-order valence-corrected chi connectivity index (χ4v) is 6.47. The number of carbonyl (C=O) groups is 2. The predicted molar refractivity (Wildman–Crippen MR) is 141 cm³/mol. The van der Waals surface area contributed by atoms with Crippen molar-refractivity contribution in [2.45, 2.75) is 16.9 Å². The van der Waals surface area contributed by atoms with Gasteiger partial charge in [0, 0.05) is 19.6 Å². The highest BCUT2D eigenvalue weighted by molar-refractivity contribution is 7.89. The molecule has 5 rings (SSSR count). The summed E-state index contributed by atoms with van der Waals surface area (Å²) in [5.41, 5.74) is 1.58. The molecular weight excluding hydrogens is 488 g/mol. The van der Waals surface area contributed by atoms with Crippen molar-refractivity contribution in [2.75, 3.05) is 19.6 Å². The average molecular weight is 515 g/mol. The second kappa shape index (κ2) is 10.2. The van der Waals surface area contributed by atoms with Gasteiger partial charge in [0.15, 0.2) is 0 Å². The normalized spacial score (nSPS) is 16.7. The third-order valence-corrected chi connectivity index (χ3v) is 8.67. The lowest BCUT2D eigenvalue weighted by molar-refractivity contribution is -0.145. The van der Waals surface area contributed by atoms with Crippen LogP contribution in [0.2, 0.25) is 0 Å². The van der Waals surface area contributed by atoms with Crippen molar-refractivity contribution < 1.29 is 23.1 Å². The lowest BCUT2D eigenvalue weighted by Gasteiger charge is -2.39. The average Bonchev–Trinajstić information content (AvgIpc) is 2.93. The van der Waals surface area contributed by atoms with Crippen molar-refractivity contribution >= 4 is 32.7 Å². The Kier molecular flexibility index (Phi) is 6.78. The number of carboxylic acids is 1. The molecule has 8 heteroatoms. The van der Waals surface area contributed by atoms with E-state index in [1.165, 1.54) is 11.0 Å². The fourth-order valence-electron chi connectivity index (χ4n) is 4.87. The van der Waals surface area contributed by atoms with E-state index in [1.54, 1.807) is 12.1 Å². The van der Waals surface area contributed by atoms with Gasteiger partial charge in [0.05, 0.1) is 10.8 Å². The molecule has 1 saturated heterocycles. The Hall–Kier alpha value is -4.01. The monoisotopic (exact) mass is 514 g/mol.